The quantitative estimate of drug-likeness (QED) is 0.753. The summed E-state index contributed by atoms with van der Waals surface area (Å²) >= 11 is 0. The Bertz CT molecular complexity index is 599. The zero-order chi connectivity index (χ0) is 18.4. The Hall–Kier alpha value is -1.69. The molecule has 0 bridgehead atoms. The van der Waals surface area contributed by atoms with E-state index in [1.807, 2.05) is 17.0 Å². The smallest absolute Gasteiger partial charge is 0.230 e. The fourth-order valence-electron chi connectivity index (χ4n) is 4.29. The van der Waals surface area contributed by atoms with Gasteiger partial charge >= 0.3 is 0 Å². The SMILES string of the molecule is C=CCN1CCN(C(=O)C2(CCO)CCN(Cc3ccccc3)C2)CC1. The van der Waals surface area contributed by atoms with Crippen molar-refractivity contribution in [1.29, 1.82) is 0 Å². The number of amides is 1. The Kier molecular flexibility index (Phi) is 6.46. The second kappa shape index (κ2) is 8.80. The highest BCUT2D eigenvalue weighted by atomic mass is 16.3. The Morgan fingerprint density at radius 2 is 1.85 bits per heavy atom. The first-order valence-corrected chi connectivity index (χ1v) is 9.67. The molecule has 1 amide bonds. The minimum absolute atomic E-state index is 0.0708. The van der Waals surface area contributed by atoms with Crippen molar-refractivity contribution in [2.75, 3.05) is 52.4 Å². The van der Waals surface area contributed by atoms with Gasteiger partial charge < -0.3 is 10.0 Å². The van der Waals surface area contributed by atoms with Gasteiger partial charge in [-0.1, -0.05) is 36.4 Å². The maximum Gasteiger partial charge on any atom is 0.230 e. The minimum Gasteiger partial charge on any atom is -0.396 e. The summed E-state index contributed by atoms with van der Waals surface area (Å²) in [5.74, 6) is 0.236. The number of nitrogens with zero attached hydrogens (tertiary/aromatic N) is 3. The normalized spacial score (nSPS) is 24.7. The highest BCUT2D eigenvalue weighted by Crippen LogP contribution is 2.37. The van der Waals surface area contributed by atoms with Crippen LogP contribution < -0.4 is 0 Å². The highest BCUT2D eigenvalue weighted by Gasteiger charge is 2.46. The fourth-order valence-corrected chi connectivity index (χ4v) is 4.29. The second-order valence-corrected chi connectivity index (χ2v) is 7.58. The molecule has 5 nitrogen and oxygen atoms in total. The number of piperazine rings is 1. The van der Waals surface area contributed by atoms with Crippen LogP contribution in [0.1, 0.15) is 18.4 Å². The van der Waals surface area contributed by atoms with E-state index in [4.69, 9.17) is 0 Å². The molecule has 5 heteroatoms. The van der Waals surface area contributed by atoms with Crippen LogP contribution in [-0.4, -0.2) is 78.1 Å². The molecule has 2 aliphatic heterocycles. The van der Waals surface area contributed by atoms with Crippen LogP contribution in [-0.2, 0) is 11.3 Å². The lowest BCUT2D eigenvalue weighted by Gasteiger charge is -2.39. The molecular weight excluding hydrogens is 326 g/mol. The third-order valence-corrected chi connectivity index (χ3v) is 5.77. The summed E-state index contributed by atoms with van der Waals surface area (Å²) in [6.45, 7) is 10.6. The van der Waals surface area contributed by atoms with Crippen LogP contribution in [0.3, 0.4) is 0 Å². The van der Waals surface area contributed by atoms with Crippen molar-refractivity contribution < 1.29 is 9.90 Å². The monoisotopic (exact) mass is 357 g/mol. The van der Waals surface area contributed by atoms with Crippen LogP contribution in [0.5, 0.6) is 0 Å². The van der Waals surface area contributed by atoms with Crippen molar-refractivity contribution in [3.05, 3.63) is 48.6 Å². The topological polar surface area (TPSA) is 47.0 Å². The Morgan fingerprint density at radius 3 is 2.50 bits per heavy atom. The van der Waals surface area contributed by atoms with Crippen molar-refractivity contribution in [2.45, 2.75) is 19.4 Å². The average Bonchev–Trinajstić information content (AvgIpc) is 3.07. The van der Waals surface area contributed by atoms with Crippen molar-refractivity contribution in [1.82, 2.24) is 14.7 Å². The first-order valence-electron chi connectivity index (χ1n) is 9.67. The van der Waals surface area contributed by atoms with Gasteiger partial charge in [0.25, 0.3) is 0 Å². The van der Waals surface area contributed by atoms with Crippen molar-refractivity contribution in [3.63, 3.8) is 0 Å². The van der Waals surface area contributed by atoms with E-state index in [1.54, 1.807) is 0 Å². The van der Waals surface area contributed by atoms with E-state index < -0.39 is 5.41 Å². The molecule has 0 spiro atoms. The maximum absolute atomic E-state index is 13.3. The van der Waals surface area contributed by atoms with Gasteiger partial charge in [-0.3, -0.25) is 14.6 Å². The standard InChI is InChI=1S/C21H31N3O2/c1-2-10-22-12-14-24(15-13-22)20(26)21(9-16-25)8-11-23(18-21)17-19-6-4-3-5-7-19/h2-7,25H,1,8-18H2. The number of carbonyl (C=O) groups excluding carboxylic acids is 1. The lowest BCUT2D eigenvalue weighted by molar-refractivity contribution is -0.144. The maximum atomic E-state index is 13.3. The van der Waals surface area contributed by atoms with E-state index in [9.17, 15) is 9.90 Å². The Morgan fingerprint density at radius 1 is 1.12 bits per heavy atom. The van der Waals surface area contributed by atoms with Gasteiger partial charge in [0.15, 0.2) is 0 Å². The Labute approximate surface area is 156 Å². The highest BCUT2D eigenvalue weighted by molar-refractivity contribution is 5.83. The number of aliphatic hydroxyl groups excluding tert-OH is 1. The average molecular weight is 357 g/mol. The van der Waals surface area contributed by atoms with Crippen molar-refractivity contribution in [3.8, 4) is 0 Å². The summed E-state index contributed by atoms with van der Waals surface area (Å²) in [7, 11) is 0. The van der Waals surface area contributed by atoms with Gasteiger partial charge in [0.1, 0.15) is 0 Å². The molecule has 3 rings (SSSR count). The molecule has 0 aliphatic carbocycles. The molecule has 0 aromatic heterocycles. The predicted molar refractivity (Wildman–Crippen MR) is 104 cm³/mol. The van der Waals surface area contributed by atoms with Gasteiger partial charge in [-0.05, 0) is 24.9 Å². The van der Waals surface area contributed by atoms with Crippen molar-refractivity contribution >= 4 is 5.91 Å². The minimum atomic E-state index is -0.426. The molecule has 1 aromatic rings. The van der Waals surface area contributed by atoms with E-state index in [0.29, 0.717) is 6.42 Å². The van der Waals surface area contributed by atoms with Crippen LogP contribution in [0.2, 0.25) is 0 Å². The summed E-state index contributed by atoms with van der Waals surface area (Å²) in [6, 6.07) is 10.4. The number of aliphatic hydroxyl groups is 1. The van der Waals surface area contributed by atoms with Crippen LogP contribution in [0.15, 0.2) is 43.0 Å². The molecule has 0 radical (unpaired) electrons. The molecule has 26 heavy (non-hydrogen) atoms. The molecule has 1 aromatic carbocycles. The summed E-state index contributed by atoms with van der Waals surface area (Å²) in [5, 5.41) is 9.62. The Balaban J connectivity index is 1.63. The number of likely N-dealkylation sites (tertiary alicyclic amines) is 1. The van der Waals surface area contributed by atoms with Crippen LogP contribution in [0.25, 0.3) is 0 Å². The zero-order valence-electron chi connectivity index (χ0n) is 15.6. The summed E-state index contributed by atoms with van der Waals surface area (Å²) in [5.41, 5.74) is 0.849. The van der Waals surface area contributed by atoms with Gasteiger partial charge in [0.05, 0.1) is 5.41 Å². The summed E-state index contributed by atoms with van der Waals surface area (Å²) in [4.78, 5) is 20.0. The first kappa shape index (κ1) is 19.1. The predicted octanol–water partition coefficient (Wildman–Crippen LogP) is 1.59. The van der Waals surface area contributed by atoms with E-state index in [-0.39, 0.29) is 12.5 Å². The summed E-state index contributed by atoms with van der Waals surface area (Å²) in [6.07, 6.45) is 3.32. The number of rotatable bonds is 7. The van der Waals surface area contributed by atoms with Gasteiger partial charge in [-0.15, -0.1) is 6.58 Å². The molecule has 2 aliphatic rings. The molecule has 2 heterocycles. The molecule has 2 saturated heterocycles. The van der Waals surface area contributed by atoms with E-state index in [0.717, 1.165) is 58.8 Å². The van der Waals surface area contributed by atoms with Gasteiger partial charge in [-0.2, -0.15) is 0 Å². The lowest BCUT2D eigenvalue weighted by Crippen LogP contribution is -2.54. The van der Waals surface area contributed by atoms with Gasteiger partial charge in [0.2, 0.25) is 5.91 Å². The lowest BCUT2D eigenvalue weighted by atomic mass is 9.82. The molecule has 2 fully saturated rings. The third-order valence-electron chi connectivity index (χ3n) is 5.77. The van der Waals surface area contributed by atoms with Crippen molar-refractivity contribution in [2.24, 2.45) is 5.41 Å². The number of hydrogen-bond donors (Lipinski definition) is 1. The van der Waals surface area contributed by atoms with Crippen LogP contribution in [0.4, 0.5) is 0 Å². The number of benzene rings is 1. The van der Waals surface area contributed by atoms with E-state index >= 15 is 0 Å². The largest absolute Gasteiger partial charge is 0.396 e. The van der Waals surface area contributed by atoms with E-state index in [1.165, 1.54) is 5.56 Å². The third kappa shape index (κ3) is 4.34. The first-order chi connectivity index (χ1) is 12.7. The molecule has 1 N–H and O–H groups in total. The van der Waals surface area contributed by atoms with Gasteiger partial charge in [-0.25, -0.2) is 0 Å². The zero-order valence-corrected chi connectivity index (χ0v) is 15.6. The molecule has 1 atom stereocenters. The molecule has 142 valence electrons. The molecular formula is C21H31N3O2. The van der Waals surface area contributed by atoms with E-state index in [2.05, 4.69) is 40.6 Å². The summed E-state index contributed by atoms with van der Waals surface area (Å²) < 4.78 is 0. The second-order valence-electron chi connectivity index (χ2n) is 7.58. The fraction of sp³-hybridized carbons (Fsp3) is 0.571. The number of carbonyl (C=O) groups is 1. The van der Waals surface area contributed by atoms with Crippen LogP contribution in [0, 0.1) is 5.41 Å². The van der Waals surface area contributed by atoms with Crippen LogP contribution >= 0.6 is 0 Å². The number of hydrogen-bond acceptors (Lipinski definition) is 4. The van der Waals surface area contributed by atoms with Gasteiger partial charge in [0, 0.05) is 52.4 Å². The molecule has 0 saturated carbocycles. The molecule has 1 unspecified atom stereocenters.